The highest BCUT2D eigenvalue weighted by molar-refractivity contribution is 5.94. The van der Waals surface area contributed by atoms with E-state index in [4.69, 9.17) is 9.15 Å². The molecule has 10 heteroatoms. The van der Waals surface area contributed by atoms with E-state index in [0.29, 0.717) is 28.7 Å². The van der Waals surface area contributed by atoms with Crippen molar-refractivity contribution in [2.24, 2.45) is 0 Å². The van der Waals surface area contributed by atoms with Gasteiger partial charge in [0.15, 0.2) is 11.7 Å². The third kappa shape index (κ3) is 5.42. The molecular formula is C23H20FN5O4. The third-order valence-electron chi connectivity index (χ3n) is 4.77. The fourth-order valence-electron chi connectivity index (χ4n) is 3.00. The molecule has 0 bridgehead atoms. The predicted octanol–water partition coefficient (Wildman–Crippen LogP) is 3.27. The number of nitrogens with one attached hydrogen (secondary N) is 3. The Kier molecular flexibility index (Phi) is 6.44. The smallest absolute Gasteiger partial charge is 0.287 e. The summed E-state index contributed by atoms with van der Waals surface area (Å²) in [6.45, 7) is 0. The van der Waals surface area contributed by atoms with Crippen LogP contribution in [0.4, 0.5) is 4.39 Å². The Morgan fingerprint density at radius 2 is 1.79 bits per heavy atom. The van der Waals surface area contributed by atoms with Crippen molar-refractivity contribution in [3.8, 4) is 28.3 Å². The van der Waals surface area contributed by atoms with Crippen LogP contribution in [0, 0.1) is 5.82 Å². The molecular weight excluding hydrogens is 429 g/mol. The van der Waals surface area contributed by atoms with Crippen molar-refractivity contribution in [2.75, 3.05) is 7.11 Å². The maximum absolute atomic E-state index is 13.0. The summed E-state index contributed by atoms with van der Waals surface area (Å²) in [7, 11) is 1.58. The number of rotatable bonds is 7. The summed E-state index contributed by atoms with van der Waals surface area (Å²) in [6.07, 6.45) is 1.79. The summed E-state index contributed by atoms with van der Waals surface area (Å²) in [6, 6.07) is 14.6. The van der Waals surface area contributed by atoms with Gasteiger partial charge in [-0.3, -0.25) is 25.5 Å². The molecule has 0 radical (unpaired) electrons. The van der Waals surface area contributed by atoms with Crippen molar-refractivity contribution in [3.05, 3.63) is 78.2 Å². The lowest BCUT2D eigenvalue weighted by atomic mass is 10.1. The molecule has 33 heavy (non-hydrogen) atoms. The Morgan fingerprint density at radius 3 is 2.52 bits per heavy atom. The molecule has 2 aromatic heterocycles. The van der Waals surface area contributed by atoms with Crippen LogP contribution in [0.3, 0.4) is 0 Å². The molecule has 0 aliphatic carbocycles. The van der Waals surface area contributed by atoms with Crippen molar-refractivity contribution >= 4 is 11.8 Å². The van der Waals surface area contributed by atoms with E-state index in [1.54, 1.807) is 37.4 Å². The third-order valence-corrected chi connectivity index (χ3v) is 4.77. The normalized spacial score (nSPS) is 10.6. The highest BCUT2D eigenvalue weighted by Gasteiger charge is 2.13. The zero-order valence-corrected chi connectivity index (χ0v) is 17.6. The number of oxazole rings is 1. The molecule has 9 nitrogen and oxygen atoms in total. The van der Waals surface area contributed by atoms with Gasteiger partial charge in [-0.25, -0.2) is 9.37 Å². The zero-order chi connectivity index (χ0) is 23.2. The average Bonchev–Trinajstić information content (AvgIpc) is 3.52. The number of aromatic amines is 1. The highest BCUT2D eigenvalue weighted by atomic mass is 19.1. The second kappa shape index (κ2) is 9.77. The predicted molar refractivity (Wildman–Crippen MR) is 116 cm³/mol. The first-order valence-electron chi connectivity index (χ1n) is 10.0. The standard InChI is InChI=1S/C23H20FN5O4/c1-32-17-8-4-14(5-9-17)18-12-19(27-26-18)23(31)29-28-21(30)10-11-22-25-13-20(33-22)15-2-6-16(24)7-3-15/h2-9,12-13H,10-11H2,1H3,(H,26,27)(H,28,30)(H,29,31). The van der Waals surface area contributed by atoms with Gasteiger partial charge < -0.3 is 9.15 Å². The van der Waals surface area contributed by atoms with E-state index in [1.807, 2.05) is 12.1 Å². The Hall–Kier alpha value is -4.47. The summed E-state index contributed by atoms with van der Waals surface area (Å²) in [5.41, 5.74) is 6.94. The number of nitrogens with zero attached hydrogens (tertiary/aromatic N) is 2. The SMILES string of the molecule is COc1ccc(-c2cc(C(=O)NNC(=O)CCc3ncc(-c4ccc(F)cc4)o3)[nH]n2)cc1. The van der Waals surface area contributed by atoms with Gasteiger partial charge in [0.1, 0.15) is 17.3 Å². The van der Waals surface area contributed by atoms with Gasteiger partial charge in [0, 0.05) is 24.0 Å². The van der Waals surface area contributed by atoms with Crippen molar-refractivity contribution in [3.63, 3.8) is 0 Å². The van der Waals surface area contributed by atoms with Gasteiger partial charge in [0.25, 0.3) is 5.91 Å². The van der Waals surface area contributed by atoms with Crippen molar-refractivity contribution < 1.29 is 23.1 Å². The van der Waals surface area contributed by atoms with Gasteiger partial charge in [-0.15, -0.1) is 0 Å². The fraction of sp³-hybridized carbons (Fsp3) is 0.130. The van der Waals surface area contributed by atoms with Crippen molar-refractivity contribution in [1.82, 2.24) is 26.0 Å². The quantitative estimate of drug-likeness (QED) is 0.372. The van der Waals surface area contributed by atoms with Gasteiger partial charge in [0.2, 0.25) is 5.91 Å². The van der Waals surface area contributed by atoms with E-state index in [1.165, 1.54) is 18.3 Å². The van der Waals surface area contributed by atoms with Gasteiger partial charge in [-0.2, -0.15) is 5.10 Å². The molecule has 0 aliphatic rings. The summed E-state index contributed by atoms with van der Waals surface area (Å²) < 4.78 is 23.7. The first kappa shape index (κ1) is 21.8. The number of hydrogen-bond acceptors (Lipinski definition) is 6. The number of hydrazine groups is 1. The monoisotopic (exact) mass is 449 g/mol. The minimum absolute atomic E-state index is 0.0454. The van der Waals surface area contributed by atoms with E-state index in [9.17, 15) is 14.0 Å². The van der Waals surface area contributed by atoms with Crippen LogP contribution in [0.15, 0.2) is 65.2 Å². The number of hydrogen-bond donors (Lipinski definition) is 3. The first-order valence-corrected chi connectivity index (χ1v) is 10.0. The fourth-order valence-corrected chi connectivity index (χ4v) is 3.00. The lowest BCUT2D eigenvalue weighted by Crippen LogP contribution is -2.41. The highest BCUT2D eigenvalue weighted by Crippen LogP contribution is 2.22. The number of amides is 2. The van der Waals surface area contributed by atoms with Crippen LogP contribution >= 0.6 is 0 Å². The lowest BCUT2D eigenvalue weighted by Gasteiger charge is -2.05. The number of H-pyrrole nitrogens is 1. The minimum atomic E-state index is -0.537. The number of aromatic nitrogens is 3. The molecule has 2 amide bonds. The zero-order valence-electron chi connectivity index (χ0n) is 17.6. The minimum Gasteiger partial charge on any atom is -0.497 e. The molecule has 0 spiro atoms. The number of halogens is 1. The van der Waals surface area contributed by atoms with Crippen LogP contribution in [-0.2, 0) is 11.2 Å². The lowest BCUT2D eigenvalue weighted by molar-refractivity contribution is -0.121. The maximum Gasteiger partial charge on any atom is 0.287 e. The van der Waals surface area contributed by atoms with Crippen LogP contribution in [0.25, 0.3) is 22.6 Å². The van der Waals surface area contributed by atoms with Gasteiger partial charge in [0.05, 0.1) is 19.0 Å². The molecule has 0 aliphatic heterocycles. The Morgan fingerprint density at radius 1 is 1.06 bits per heavy atom. The molecule has 2 heterocycles. The van der Waals surface area contributed by atoms with Crippen LogP contribution in [0.2, 0.25) is 0 Å². The molecule has 0 saturated heterocycles. The maximum atomic E-state index is 13.0. The Balaban J connectivity index is 1.26. The number of carbonyl (C=O) groups is 2. The summed E-state index contributed by atoms with van der Waals surface area (Å²) in [5, 5.41) is 6.76. The first-order chi connectivity index (χ1) is 16.0. The van der Waals surface area contributed by atoms with Gasteiger partial charge in [-0.05, 0) is 54.6 Å². The molecule has 0 fully saturated rings. The average molecular weight is 449 g/mol. The molecule has 4 aromatic rings. The van der Waals surface area contributed by atoms with Crippen LogP contribution < -0.4 is 15.6 Å². The topological polar surface area (TPSA) is 122 Å². The number of methoxy groups -OCH3 is 1. The van der Waals surface area contributed by atoms with E-state index in [-0.39, 0.29) is 24.4 Å². The van der Waals surface area contributed by atoms with Crippen molar-refractivity contribution in [2.45, 2.75) is 12.8 Å². The van der Waals surface area contributed by atoms with Crippen molar-refractivity contribution in [1.29, 1.82) is 0 Å². The molecule has 168 valence electrons. The van der Waals surface area contributed by atoms with Crippen LogP contribution in [-0.4, -0.2) is 34.1 Å². The molecule has 3 N–H and O–H groups in total. The molecule has 2 aromatic carbocycles. The Labute approximate surface area is 188 Å². The molecule has 0 saturated carbocycles. The van der Waals surface area contributed by atoms with E-state index in [2.05, 4.69) is 26.0 Å². The summed E-state index contributed by atoms with van der Waals surface area (Å²) in [5.74, 6) is 0.250. The number of carbonyl (C=O) groups excluding carboxylic acids is 2. The van der Waals surface area contributed by atoms with E-state index >= 15 is 0 Å². The van der Waals surface area contributed by atoms with Crippen LogP contribution in [0.1, 0.15) is 22.8 Å². The summed E-state index contributed by atoms with van der Waals surface area (Å²) in [4.78, 5) is 28.5. The number of aryl methyl sites for hydroxylation is 1. The molecule has 0 unspecified atom stereocenters. The second-order valence-corrected chi connectivity index (χ2v) is 7.02. The number of ether oxygens (including phenoxy) is 1. The largest absolute Gasteiger partial charge is 0.497 e. The second-order valence-electron chi connectivity index (χ2n) is 7.02. The van der Waals surface area contributed by atoms with Gasteiger partial charge >= 0.3 is 0 Å². The summed E-state index contributed by atoms with van der Waals surface area (Å²) >= 11 is 0. The van der Waals surface area contributed by atoms with Gasteiger partial charge in [-0.1, -0.05) is 0 Å². The number of benzene rings is 2. The van der Waals surface area contributed by atoms with Crippen LogP contribution in [0.5, 0.6) is 5.75 Å². The Bertz CT molecular complexity index is 1250. The van der Waals surface area contributed by atoms with E-state index < -0.39 is 11.8 Å². The van der Waals surface area contributed by atoms with E-state index in [0.717, 1.165) is 5.56 Å². The molecule has 0 atom stereocenters. The molecule has 4 rings (SSSR count).